The van der Waals surface area contributed by atoms with Gasteiger partial charge in [-0.1, -0.05) is 20.3 Å². The first-order chi connectivity index (χ1) is 11.5. The van der Waals surface area contributed by atoms with Crippen LogP contribution in [-0.2, 0) is 24.0 Å². The highest BCUT2D eigenvalue weighted by Crippen LogP contribution is 2.09. The molecule has 0 spiro atoms. The normalized spacial score (nSPS) is 15.3. The third kappa shape index (κ3) is 8.11. The predicted molar refractivity (Wildman–Crippen MR) is 86.6 cm³/mol. The standard InChI is InChI=1S/C14H25N5O6/c1-3-6(2)11(19-12(22)7(15)4-9(16)20)13(23)18-8(14(24)25)5-10(17)21/h6-8,11H,3-5,15H2,1-2H3,(H2,16,20)(H2,17,21)(H,18,23)(H,19,22)(H,24,25)/t6-,7-,8-,11-/m0/s1. The van der Waals surface area contributed by atoms with Gasteiger partial charge in [-0.3, -0.25) is 19.2 Å². The van der Waals surface area contributed by atoms with Gasteiger partial charge >= 0.3 is 5.97 Å². The van der Waals surface area contributed by atoms with Gasteiger partial charge in [-0.05, 0) is 5.92 Å². The van der Waals surface area contributed by atoms with Crippen LogP contribution in [0.4, 0.5) is 0 Å². The lowest BCUT2D eigenvalue weighted by Crippen LogP contribution is -2.57. The van der Waals surface area contributed by atoms with Crippen LogP contribution in [0.5, 0.6) is 0 Å². The highest BCUT2D eigenvalue weighted by Gasteiger charge is 2.31. The molecule has 4 atom stereocenters. The second-order valence-corrected chi connectivity index (χ2v) is 5.72. The average Bonchev–Trinajstić information content (AvgIpc) is 2.49. The van der Waals surface area contributed by atoms with Gasteiger partial charge in [-0.15, -0.1) is 0 Å². The Morgan fingerprint density at radius 3 is 1.88 bits per heavy atom. The van der Waals surface area contributed by atoms with Crippen LogP contribution in [0.25, 0.3) is 0 Å². The average molecular weight is 359 g/mol. The second kappa shape index (κ2) is 10.2. The van der Waals surface area contributed by atoms with E-state index in [1.165, 1.54) is 0 Å². The number of primary amides is 2. The Labute approximate surface area is 144 Å². The van der Waals surface area contributed by atoms with Crippen LogP contribution in [0.1, 0.15) is 33.1 Å². The van der Waals surface area contributed by atoms with Crippen molar-refractivity contribution in [2.24, 2.45) is 23.1 Å². The van der Waals surface area contributed by atoms with Gasteiger partial charge in [0.15, 0.2) is 0 Å². The highest BCUT2D eigenvalue weighted by molar-refractivity contribution is 5.94. The fourth-order valence-electron chi connectivity index (χ4n) is 1.93. The van der Waals surface area contributed by atoms with Crippen LogP contribution in [0.3, 0.4) is 0 Å². The Morgan fingerprint density at radius 2 is 1.48 bits per heavy atom. The van der Waals surface area contributed by atoms with Crippen molar-refractivity contribution in [1.29, 1.82) is 0 Å². The van der Waals surface area contributed by atoms with Gasteiger partial charge in [0.2, 0.25) is 23.6 Å². The summed E-state index contributed by atoms with van der Waals surface area (Å²) in [6.07, 6.45) is -0.513. The third-order valence-corrected chi connectivity index (χ3v) is 3.57. The van der Waals surface area contributed by atoms with Crippen LogP contribution in [0.15, 0.2) is 0 Å². The van der Waals surface area contributed by atoms with Crippen molar-refractivity contribution in [2.75, 3.05) is 0 Å². The summed E-state index contributed by atoms with van der Waals surface area (Å²) in [5.74, 6) is -5.07. The Morgan fingerprint density at radius 1 is 0.960 bits per heavy atom. The van der Waals surface area contributed by atoms with E-state index in [4.69, 9.17) is 22.3 Å². The zero-order valence-electron chi connectivity index (χ0n) is 14.2. The number of carbonyl (C=O) groups is 5. The monoisotopic (exact) mass is 359 g/mol. The Bertz CT molecular complexity index is 538. The summed E-state index contributed by atoms with van der Waals surface area (Å²) >= 11 is 0. The molecule has 0 bridgehead atoms. The predicted octanol–water partition coefficient (Wildman–Crippen LogP) is -2.84. The molecule has 142 valence electrons. The second-order valence-electron chi connectivity index (χ2n) is 5.72. The van der Waals surface area contributed by atoms with Crippen LogP contribution in [0.2, 0.25) is 0 Å². The van der Waals surface area contributed by atoms with Gasteiger partial charge in [0.05, 0.1) is 18.9 Å². The first kappa shape index (κ1) is 22.3. The van der Waals surface area contributed by atoms with Crippen molar-refractivity contribution < 1.29 is 29.1 Å². The van der Waals surface area contributed by atoms with Gasteiger partial charge in [-0.25, -0.2) is 4.79 Å². The highest BCUT2D eigenvalue weighted by atomic mass is 16.4. The molecule has 0 unspecified atom stereocenters. The molecule has 0 aromatic rings. The molecule has 0 saturated heterocycles. The SMILES string of the molecule is CC[C@H](C)[C@H](NC(=O)[C@@H](N)CC(N)=O)C(=O)N[C@@H](CC(N)=O)C(=O)O. The van der Waals surface area contributed by atoms with E-state index in [1.54, 1.807) is 13.8 Å². The van der Waals surface area contributed by atoms with E-state index in [-0.39, 0.29) is 5.92 Å². The molecule has 25 heavy (non-hydrogen) atoms. The molecule has 0 aromatic heterocycles. The van der Waals surface area contributed by atoms with Crippen molar-refractivity contribution in [3.63, 3.8) is 0 Å². The van der Waals surface area contributed by atoms with Gasteiger partial charge in [0.1, 0.15) is 12.1 Å². The number of carboxylic acids is 1. The minimum atomic E-state index is -1.52. The van der Waals surface area contributed by atoms with Crippen LogP contribution < -0.4 is 27.8 Å². The molecule has 0 saturated carbocycles. The molecule has 0 aliphatic carbocycles. The molecule has 11 heteroatoms. The number of hydrogen-bond donors (Lipinski definition) is 6. The fraction of sp³-hybridized carbons (Fsp3) is 0.643. The van der Waals surface area contributed by atoms with Crippen molar-refractivity contribution >= 4 is 29.6 Å². The van der Waals surface area contributed by atoms with Gasteiger partial charge in [0.25, 0.3) is 0 Å². The zero-order valence-corrected chi connectivity index (χ0v) is 14.2. The topological polar surface area (TPSA) is 208 Å². The van der Waals surface area contributed by atoms with Gasteiger partial charge < -0.3 is 32.9 Å². The molecule has 0 rings (SSSR count). The summed E-state index contributed by atoms with van der Waals surface area (Å²) in [5, 5.41) is 13.6. The number of amides is 4. The van der Waals surface area contributed by atoms with E-state index in [0.717, 1.165) is 0 Å². The first-order valence-electron chi connectivity index (χ1n) is 7.65. The Balaban J connectivity index is 5.15. The minimum Gasteiger partial charge on any atom is -0.480 e. The molecular weight excluding hydrogens is 334 g/mol. The van der Waals surface area contributed by atoms with E-state index in [1.807, 2.05) is 0 Å². The van der Waals surface area contributed by atoms with E-state index < -0.39 is 60.6 Å². The van der Waals surface area contributed by atoms with E-state index in [2.05, 4.69) is 10.6 Å². The smallest absolute Gasteiger partial charge is 0.326 e. The van der Waals surface area contributed by atoms with Gasteiger partial charge in [-0.2, -0.15) is 0 Å². The summed E-state index contributed by atoms with van der Waals surface area (Å²) in [4.78, 5) is 57.2. The van der Waals surface area contributed by atoms with Crippen LogP contribution in [0, 0.1) is 5.92 Å². The van der Waals surface area contributed by atoms with Crippen molar-refractivity contribution in [2.45, 2.75) is 51.2 Å². The van der Waals surface area contributed by atoms with Crippen molar-refractivity contribution in [3.8, 4) is 0 Å². The molecule has 0 fully saturated rings. The minimum absolute atomic E-state index is 0.368. The summed E-state index contributed by atoms with van der Waals surface area (Å²) in [5.41, 5.74) is 15.4. The molecule has 0 aromatic carbocycles. The number of nitrogens with two attached hydrogens (primary N) is 3. The maximum atomic E-state index is 12.3. The number of hydrogen-bond acceptors (Lipinski definition) is 6. The maximum absolute atomic E-state index is 12.3. The summed E-state index contributed by atoms with van der Waals surface area (Å²) in [6.45, 7) is 3.42. The molecule has 9 N–H and O–H groups in total. The summed E-state index contributed by atoms with van der Waals surface area (Å²) < 4.78 is 0. The lowest BCUT2D eigenvalue weighted by Gasteiger charge is -2.26. The lowest BCUT2D eigenvalue weighted by atomic mass is 9.97. The third-order valence-electron chi connectivity index (χ3n) is 3.57. The lowest BCUT2D eigenvalue weighted by molar-refractivity contribution is -0.144. The molecule has 11 nitrogen and oxygen atoms in total. The van der Waals surface area contributed by atoms with Crippen LogP contribution in [-0.4, -0.2) is 52.8 Å². The van der Waals surface area contributed by atoms with Crippen molar-refractivity contribution in [3.05, 3.63) is 0 Å². The summed E-state index contributed by atoms with van der Waals surface area (Å²) in [6, 6.07) is -3.86. The Hall–Kier alpha value is -2.69. The molecule has 0 heterocycles. The Kier molecular flexibility index (Phi) is 9.13. The quantitative estimate of drug-likeness (QED) is 0.227. The van der Waals surface area contributed by atoms with E-state index in [0.29, 0.717) is 6.42 Å². The molecule has 4 amide bonds. The molecule has 0 aliphatic heterocycles. The number of carbonyl (C=O) groups excluding carboxylic acids is 4. The number of aliphatic carboxylic acids is 1. The van der Waals surface area contributed by atoms with Gasteiger partial charge in [0, 0.05) is 0 Å². The fourth-order valence-corrected chi connectivity index (χ4v) is 1.93. The number of carboxylic acid groups (broad SMARTS) is 1. The van der Waals surface area contributed by atoms with E-state index in [9.17, 15) is 24.0 Å². The first-order valence-corrected chi connectivity index (χ1v) is 7.65. The molecule has 0 radical (unpaired) electrons. The number of nitrogens with one attached hydrogen (secondary N) is 2. The largest absolute Gasteiger partial charge is 0.480 e. The zero-order chi connectivity index (χ0) is 19.7. The van der Waals surface area contributed by atoms with Crippen LogP contribution >= 0.6 is 0 Å². The molecule has 0 aliphatic rings. The maximum Gasteiger partial charge on any atom is 0.326 e. The molecular formula is C14H25N5O6. The van der Waals surface area contributed by atoms with Crippen molar-refractivity contribution in [1.82, 2.24) is 10.6 Å². The van der Waals surface area contributed by atoms with E-state index >= 15 is 0 Å². The summed E-state index contributed by atoms with van der Waals surface area (Å²) in [7, 11) is 0. The number of rotatable bonds is 11.